The number of hydrogen-bond donors (Lipinski definition) is 1. The van der Waals surface area contributed by atoms with E-state index in [0.717, 1.165) is 11.6 Å². The maximum Gasteiger partial charge on any atom is 0.126 e. The molecular weight excluding hydrogens is 234 g/mol. The van der Waals surface area contributed by atoms with Gasteiger partial charge in [0.25, 0.3) is 0 Å². The number of hydrogen-bond acceptors (Lipinski definition) is 2. The number of rotatable bonds is 2. The fraction of sp³-hybridized carbons (Fsp3) is 0.0714. The summed E-state index contributed by atoms with van der Waals surface area (Å²) in [5.74, 6) is -0.876. The number of benzene rings is 2. The molecule has 1 N–H and O–H groups in total. The summed E-state index contributed by atoms with van der Waals surface area (Å²) in [6, 6.07) is 10.2. The van der Waals surface area contributed by atoms with Gasteiger partial charge in [0.1, 0.15) is 11.6 Å². The fourth-order valence-corrected chi connectivity index (χ4v) is 1.70. The summed E-state index contributed by atoms with van der Waals surface area (Å²) in [6.45, 7) is 1.76. The van der Waals surface area contributed by atoms with Gasteiger partial charge in [0.2, 0.25) is 0 Å². The summed E-state index contributed by atoms with van der Waals surface area (Å²) in [6.07, 6.45) is 0. The number of nitrogens with zero attached hydrogens (tertiary/aromatic N) is 1. The van der Waals surface area contributed by atoms with E-state index >= 15 is 0 Å². The van der Waals surface area contributed by atoms with E-state index in [0.29, 0.717) is 11.4 Å². The molecule has 18 heavy (non-hydrogen) atoms. The SMILES string of the molecule is Cc1cc(F)cc(Nc2cc(F)cc(C#N)c2)c1. The Hall–Kier alpha value is -2.41. The second kappa shape index (κ2) is 4.84. The van der Waals surface area contributed by atoms with Crippen molar-refractivity contribution in [2.45, 2.75) is 6.92 Å². The highest BCUT2D eigenvalue weighted by Crippen LogP contribution is 2.21. The monoisotopic (exact) mass is 244 g/mol. The molecule has 0 saturated carbocycles. The summed E-state index contributed by atoms with van der Waals surface area (Å²) >= 11 is 0. The molecule has 0 atom stereocenters. The van der Waals surface area contributed by atoms with Gasteiger partial charge < -0.3 is 5.32 Å². The predicted octanol–water partition coefficient (Wildman–Crippen LogP) is 3.89. The first-order valence-corrected chi connectivity index (χ1v) is 5.32. The van der Waals surface area contributed by atoms with Crippen molar-refractivity contribution in [3.05, 3.63) is 59.2 Å². The highest BCUT2D eigenvalue weighted by Gasteiger charge is 2.02. The van der Waals surface area contributed by atoms with Gasteiger partial charge in [-0.25, -0.2) is 8.78 Å². The molecule has 0 bridgehead atoms. The Morgan fingerprint density at radius 3 is 2.17 bits per heavy atom. The van der Waals surface area contributed by atoms with Crippen LogP contribution in [-0.4, -0.2) is 0 Å². The Morgan fingerprint density at radius 2 is 1.56 bits per heavy atom. The number of halogens is 2. The van der Waals surface area contributed by atoms with Crippen LogP contribution in [0.2, 0.25) is 0 Å². The molecule has 0 fully saturated rings. The van der Waals surface area contributed by atoms with Gasteiger partial charge in [-0.2, -0.15) is 5.26 Å². The Labute approximate surface area is 103 Å². The van der Waals surface area contributed by atoms with Crippen molar-refractivity contribution < 1.29 is 8.78 Å². The van der Waals surface area contributed by atoms with Crippen LogP contribution in [0.5, 0.6) is 0 Å². The van der Waals surface area contributed by atoms with Crippen LogP contribution in [-0.2, 0) is 0 Å². The van der Waals surface area contributed by atoms with Crippen LogP contribution >= 0.6 is 0 Å². The number of nitrogens with one attached hydrogen (secondary N) is 1. The molecule has 0 aliphatic carbocycles. The van der Waals surface area contributed by atoms with Crippen LogP contribution in [0, 0.1) is 29.9 Å². The van der Waals surface area contributed by atoms with Crippen molar-refractivity contribution >= 4 is 11.4 Å². The highest BCUT2D eigenvalue weighted by atomic mass is 19.1. The van der Waals surface area contributed by atoms with Crippen molar-refractivity contribution in [1.82, 2.24) is 0 Å². The van der Waals surface area contributed by atoms with Crippen molar-refractivity contribution in [3.63, 3.8) is 0 Å². The minimum atomic E-state index is -0.510. The summed E-state index contributed by atoms with van der Waals surface area (Å²) in [7, 11) is 0. The highest BCUT2D eigenvalue weighted by molar-refractivity contribution is 5.62. The Bertz CT molecular complexity index is 610. The lowest BCUT2D eigenvalue weighted by Crippen LogP contribution is -1.94. The third-order valence-electron chi connectivity index (χ3n) is 2.36. The van der Waals surface area contributed by atoms with Crippen molar-refractivity contribution in [2.24, 2.45) is 0 Å². The molecule has 2 aromatic carbocycles. The van der Waals surface area contributed by atoms with Crippen molar-refractivity contribution in [3.8, 4) is 6.07 Å². The molecule has 0 spiro atoms. The standard InChI is InChI=1S/C14H10F2N2/c1-9-2-11(15)6-13(3-9)18-14-5-10(8-17)4-12(16)7-14/h2-7,18H,1H3. The molecule has 2 aromatic rings. The van der Waals surface area contributed by atoms with E-state index in [1.165, 1.54) is 24.3 Å². The molecule has 0 aliphatic rings. The zero-order valence-corrected chi connectivity index (χ0v) is 9.67. The molecule has 0 amide bonds. The molecule has 0 heterocycles. The average Bonchev–Trinajstić information content (AvgIpc) is 2.26. The van der Waals surface area contributed by atoms with Crippen molar-refractivity contribution in [2.75, 3.05) is 5.32 Å². The van der Waals surface area contributed by atoms with E-state index < -0.39 is 5.82 Å². The Balaban J connectivity index is 2.34. The summed E-state index contributed by atoms with van der Waals surface area (Å²) in [4.78, 5) is 0. The van der Waals surface area contributed by atoms with E-state index in [1.54, 1.807) is 13.0 Å². The zero-order valence-electron chi connectivity index (χ0n) is 9.67. The van der Waals surface area contributed by atoms with Gasteiger partial charge in [-0.1, -0.05) is 0 Å². The lowest BCUT2D eigenvalue weighted by Gasteiger charge is -2.08. The summed E-state index contributed by atoms with van der Waals surface area (Å²) in [5, 5.41) is 11.6. The molecule has 0 saturated heterocycles. The minimum absolute atomic E-state index is 0.214. The van der Waals surface area contributed by atoms with Gasteiger partial charge in [-0.15, -0.1) is 0 Å². The van der Waals surface area contributed by atoms with Crippen LogP contribution in [0.3, 0.4) is 0 Å². The van der Waals surface area contributed by atoms with Gasteiger partial charge in [-0.3, -0.25) is 0 Å². The molecular formula is C14H10F2N2. The quantitative estimate of drug-likeness (QED) is 0.869. The van der Waals surface area contributed by atoms with Gasteiger partial charge >= 0.3 is 0 Å². The van der Waals surface area contributed by atoms with Crippen LogP contribution in [0.1, 0.15) is 11.1 Å². The zero-order chi connectivity index (χ0) is 13.1. The van der Waals surface area contributed by atoms with E-state index in [-0.39, 0.29) is 11.4 Å². The number of nitriles is 1. The van der Waals surface area contributed by atoms with Gasteiger partial charge in [0.05, 0.1) is 11.6 Å². The summed E-state index contributed by atoms with van der Waals surface area (Å²) in [5.41, 5.74) is 1.90. The molecule has 0 aliphatic heterocycles. The molecule has 2 nitrogen and oxygen atoms in total. The van der Waals surface area contributed by atoms with Crippen LogP contribution in [0.25, 0.3) is 0 Å². The maximum atomic E-state index is 13.2. The second-order valence-electron chi connectivity index (χ2n) is 3.98. The second-order valence-corrected chi connectivity index (χ2v) is 3.98. The first kappa shape index (κ1) is 12.1. The lowest BCUT2D eigenvalue weighted by atomic mass is 10.2. The largest absolute Gasteiger partial charge is 0.355 e. The molecule has 90 valence electrons. The van der Waals surface area contributed by atoms with Gasteiger partial charge in [-0.05, 0) is 48.9 Å². The van der Waals surface area contributed by atoms with E-state index in [2.05, 4.69) is 5.32 Å². The summed E-state index contributed by atoms with van der Waals surface area (Å²) < 4.78 is 26.4. The predicted molar refractivity (Wildman–Crippen MR) is 65.5 cm³/mol. The van der Waals surface area contributed by atoms with E-state index in [9.17, 15) is 8.78 Å². The van der Waals surface area contributed by atoms with Gasteiger partial charge in [0, 0.05) is 11.4 Å². The van der Waals surface area contributed by atoms with E-state index in [1.807, 2.05) is 6.07 Å². The van der Waals surface area contributed by atoms with Gasteiger partial charge in [0.15, 0.2) is 0 Å². The van der Waals surface area contributed by atoms with E-state index in [4.69, 9.17) is 5.26 Å². The minimum Gasteiger partial charge on any atom is -0.355 e. The Morgan fingerprint density at radius 1 is 0.944 bits per heavy atom. The van der Waals surface area contributed by atoms with Crippen LogP contribution < -0.4 is 5.32 Å². The molecule has 4 heteroatoms. The molecule has 0 aromatic heterocycles. The third kappa shape index (κ3) is 2.83. The molecule has 0 unspecified atom stereocenters. The smallest absolute Gasteiger partial charge is 0.126 e. The van der Waals surface area contributed by atoms with Crippen LogP contribution in [0.4, 0.5) is 20.2 Å². The fourth-order valence-electron chi connectivity index (χ4n) is 1.70. The Kier molecular flexibility index (Phi) is 3.24. The topological polar surface area (TPSA) is 35.8 Å². The maximum absolute atomic E-state index is 13.2. The molecule has 0 radical (unpaired) electrons. The average molecular weight is 244 g/mol. The third-order valence-corrected chi connectivity index (χ3v) is 2.36. The normalized spacial score (nSPS) is 9.89. The number of aryl methyl sites for hydroxylation is 1. The lowest BCUT2D eigenvalue weighted by molar-refractivity contribution is 0.627. The number of anilines is 2. The van der Waals surface area contributed by atoms with Crippen molar-refractivity contribution in [1.29, 1.82) is 5.26 Å². The first-order chi connectivity index (χ1) is 8.56. The molecule has 2 rings (SSSR count). The first-order valence-electron chi connectivity index (χ1n) is 5.32. The van der Waals surface area contributed by atoms with Crippen LogP contribution in [0.15, 0.2) is 36.4 Å².